The first kappa shape index (κ1) is 22.2. The molecule has 2 aromatic heterocycles. The summed E-state index contributed by atoms with van der Waals surface area (Å²) < 4.78 is 81.0. The van der Waals surface area contributed by atoms with E-state index in [1.807, 2.05) is 0 Å². The van der Waals surface area contributed by atoms with Crippen LogP contribution in [0.2, 0.25) is 0 Å². The van der Waals surface area contributed by atoms with Gasteiger partial charge in [-0.25, -0.2) is 4.39 Å². The maximum Gasteiger partial charge on any atom is 0.417 e. The van der Waals surface area contributed by atoms with Crippen LogP contribution in [0, 0.1) is 17.6 Å². The van der Waals surface area contributed by atoms with E-state index >= 15 is 0 Å². The number of aromatic amines is 1. The van der Waals surface area contributed by atoms with Gasteiger partial charge in [0.25, 0.3) is 0 Å². The van der Waals surface area contributed by atoms with Crippen molar-refractivity contribution in [1.82, 2.24) is 9.97 Å². The van der Waals surface area contributed by atoms with Crippen LogP contribution in [0.1, 0.15) is 37.1 Å². The second-order valence-corrected chi connectivity index (χ2v) is 7.95. The van der Waals surface area contributed by atoms with Gasteiger partial charge in [0.15, 0.2) is 22.6 Å². The van der Waals surface area contributed by atoms with Crippen molar-refractivity contribution < 1.29 is 31.4 Å². The summed E-state index contributed by atoms with van der Waals surface area (Å²) in [5.74, 6) is -5.35. The van der Waals surface area contributed by atoms with Gasteiger partial charge in [-0.2, -0.15) is 17.6 Å². The van der Waals surface area contributed by atoms with Gasteiger partial charge in [-0.3, -0.25) is 9.78 Å². The Morgan fingerprint density at radius 2 is 1.94 bits per heavy atom. The third kappa shape index (κ3) is 3.24. The first-order valence-corrected chi connectivity index (χ1v) is 9.73. The molecule has 0 radical (unpaired) electrons. The Bertz CT molecular complexity index is 1240. The lowest BCUT2D eigenvalue weighted by molar-refractivity contribution is -0.275. The van der Waals surface area contributed by atoms with Crippen molar-refractivity contribution in [3.05, 3.63) is 69.8 Å². The van der Waals surface area contributed by atoms with E-state index in [9.17, 15) is 26.7 Å². The number of halogens is 5. The Morgan fingerprint density at radius 1 is 1.22 bits per heavy atom. The SMILES string of the molecule is COc1c(C2C(c3cc(=O)c4cnccc4[nH]3)OC(C)(C(F)(F)F)C2C)ccc(F)c1F. The standard InChI is InChI=1S/C22H19F5N2O3/c1-10-17(11-4-5-13(23)18(24)19(11)31-3)20(32-21(10,2)22(25,26)27)15-8-16(30)12-9-28-7-6-14(12)29-15/h4-10,17,20H,1-3H3,(H,29,30). The molecule has 10 heteroatoms. The van der Waals surface area contributed by atoms with Gasteiger partial charge in [0.1, 0.15) is 6.10 Å². The van der Waals surface area contributed by atoms with Gasteiger partial charge in [-0.15, -0.1) is 0 Å². The van der Waals surface area contributed by atoms with Crippen molar-refractivity contribution in [1.29, 1.82) is 0 Å². The van der Waals surface area contributed by atoms with Crippen molar-refractivity contribution in [3.63, 3.8) is 0 Å². The molecular formula is C22H19F5N2O3. The normalized spacial score (nSPS) is 25.9. The molecule has 5 nitrogen and oxygen atoms in total. The Kier molecular flexibility index (Phi) is 5.23. The molecule has 4 unspecified atom stereocenters. The molecule has 4 atom stereocenters. The molecule has 1 N–H and O–H groups in total. The average Bonchev–Trinajstić information content (AvgIpc) is 3.02. The third-order valence-electron chi connectivity index (χ3n) is 6.27. The van der Waals surface area contributed by atoms with Gasteiger partial charge in [0.05, 0.1) is 18.0 Å². The van der Waals surface area contributed by atoms with Crippen molar-refractivity contribution in [2.24, 2.45) is 5.92 Å². The third-order valence-corrected chi connectivity index (χ3v) is 6.27. The molecular weight excluding hydrogens is 435 g/mol. The van der Waals surface area contributed by atoms with Crippen LogP contribution in [0.4, 0.5) is 22.0 Å². The number of alkyl halides is 3. The number of H-pyrrole nitrogens is 1. The number of methoxy groups -OCH3 is 1. The zero-order valence-corrected chi connectivity index (χ0v) is 17.3. The Hall–Kier alpha value is -3.01. The fourth-order valence-electron chi connectivity index (χ4n) is 4.34. The number of fused-ring (bicyclic) bond motifs is 1. The maximum atomic E-state index is 14.4. The van der Waals surface area contributed by atoms with Gasteiger partial charge in [0, 0.05) is 41.6 Å². The van der Waals surface area contributed by atoms with E-state index in [1.165, 1.54) is 31.5 Å². The van der Waals surface area contributed by atoms with Crippen LogP contribution in [-0.4, -0.2) is 28.9 Å². The number of ether oxygens (including phenoxy) is 2. The second kappa shape index (κ2) is 7.54. The van der Waals surface area contributed by atoms with E-state index in [-0.39, 0.29) is 16.6 Å². The van der Waals surface area contributed by atoms with Crippen molar-refractivity contribution in [3.8, 4) is 5.75 Å². The number of hydrogen-bond acceptors (Lipinski definition) is 4. The summed E-state index contributed by atoms with van der Waals surface area (Å²) in [7, 11) is 1.10. The molecule has 1 aromatic carbocycles. The molecule has 4 rings (SSSR count). The molecule has 1 aliphatic rings. The highest BCUT2D eigenvalue weighted by atomic mass is 19.4. The van der Waals surface area contributed by atoms with Gasteiger partial charge >= 0.3 is 6.18 Å². The molecule has 3 heterocycles. The van der Waals surface area contributed by atoms with E-state index in [0.29, 0.717) is 5.52 Å². The van der Waals surface area contributed by atoms with Crippen LogP contribution >= 0.6 is 0 Å². The molecule has 0 bridgehead atoms. The molecule has 1 aliphatic heterocycles. The van der Waals surface area contributed by atoms with Crippen molar-refractivity contribution in [2.45, 2.75) is 37.6 Å². The van der Waals surface area contributed by atoms with Gasteiger partial charge in [-0.1, -0.05) is 13.0 Å². The smallest absolute Gasteiger partial charge is 0.417 e. The van der Waals surface area contributed by atoms with Gasteiger partial charge in [0.2, 0.25) is 5.82 Å². The molecule has 32 heavy (non-hydrogen) atoms. The molecule has 1 fully saturated rings. The molecule has 170 valence electrons. The number of nitrogens with zero attached hydrogens (tertiary/aromatic N) is 1. The largest absolute Gasteiger partial charge is 0.493 e. The molecule has 0 aliphatic carbocycles. The summed E-state index contributed by atoms with van der Waals surface area (Å²) in [6.45, 7) is 2.22. The molecule has 0 amide bonds. The number of hydrogen-bond donors (Lipinski definition) is 1. The van der Waals surface area contributed by atoms with Crippen LogP contribution in [0.15, 0.2) is 41.5 Å². The second-order valence-electron chi connectivity index (χ2n) is 7.95. The van der Waals surface area contributed by atoms with E-state index < -0.39 is 52.5 Å². The van der Waals surface area contributed by atoms with E-state index in [2.05, 4.69) is 9.97 Å². The highest BCUT2D eigenvalue weighted by molar-refractivity contribution is 5.77. The zero-order chi connectivity index (χ0) is 23.4. The predicted octanol–water partition coefficient (Wildman–Crippen LogP) is 5.02. The predicted molar refractivity (Wildman–Crippen MR) is 105 cm³/mol. The Balaban J connectivity index is 1.96. The Labute approximate surface area is 179 Å². The van der Waals surface area contributed by atoms with Crippen molar-refractivity contribution in [2.75, 3.05) is 7.11 Å². The summed E-state index contributed by atoms with van der Waals surface area (Å²) >= 11 is 0. The lowest BCUT2D eigenvalue weighted by Gasteiger charge is -2.32. The number of aromatic nitrogens is 2. The molecule has 1 saturated heterocycles. The molecule has 3 aromatic rings. The maximum absolute atomic E-state index is 14.4. The topological polar surface area (TPSA) is 64.2 Å². The lowest BCUT2D eigenvalue weighted by atomic mass is 9.76. The molecule has 0 spiro atoms. The number of rotatable bonds is 3. The van der Waals surface area contributed by atoms with E-state index in [0.717, 1.165) is 26.2 Å². The van der Waals surface area contributed by atoms with E-state index in [4.69, 9.17) is 9.47 Å². The summed E-state index contributed by atoms with van der Waals surface area (Å²) in [5.41, 5.74) is -2.65. The quantitative estimate of drug-likeness (QED) is 0.565. The lowest BCUT2D eigenvalue weighted by Crippen LogP contribution is -2.46. The highest BCUT2D eigenvalue weighted by Crippen LogP contribution is 2.59. The summed E-state index contributed by atoms with van der Waals surface area (Å²) in [4.78, 5) is 19.4. The molecule has 0 saturated carbocycles. The summed E-state index contributed by atoms with van der Waals surface area (Å²) in [6, 6.07) is 4.66. The summed E-state index contributed by atoms with van der Waals surface area (Å²) in [6.07, 6.45) is -3.32. The minimum atomic E-state index is -4.77. The average molecular weight is 454 g/mol. The minimum absolute atomic E-state index is 0.00699. The minimum Gasteiger partial charge on any atom is -0.493 e. The van der Waals surface area contributed by atoms with Crippen LogP contribution < -0.4 is 10.2 Å². The van der Waals surface area contributed by atoms with E-state index in [1.54, 1.807) is 0 Å². The number of nitrogens with one attached hydrogen (secondary N) is 1. The van der Waals surface area contributed by atoms with Gasteiger partial charge < -0.3 is 14.5 Å². The number of benzene rings is 1. The van der Waals surface area contributed by atoms with Crippen LogP contribution in [-0.2, 0) is 4.74 Å². The van der Waals surface area contributed by atoms with Crippen molar-refractivity contribution >= 4 is 10.9 Å². The van der Waals surface area contributed by atoms with Crippen LogP contribution in [0.3, 0.4) is 0 Å². The Morgan fingerprint density at radius 3 is 2.59 bits per heavy atom. The van der Waals surface area contributed by atoms with Crippen LogP contribution in [0.25, 0.3) is 10.9 Å². The fourth-order valence-corrected chi connectivity index (χ4v) is 4.34. The first-order chi connectivity index (χ1) is 15.0. The zero-order valence-electron chi connectivity index (χ0n) is 17.3. The number of pyridine rings is 2. The first-order valence-electron chi connectivity index (χ1n) is 9.73. The monoisotopic (exact) mass is 454 g/mol. The fraction of sp³-hybridized carbons (Fsp3) is 0.364. The highest BCUT2D eigenvalue weighted by Gasteiger charge is 2.65. The van der Waals surface area contributed by atoms with Gasteiger partial charge in [-0.05, 0) is 19.1 Å². The van der Waals surface area contributed by atoms with Crippen LogP contribution in [0.5, 0.6) is 5.75 Å². The summed E-state index contributed by atoms with van der Waals surface area (Å²) in [5, 5.41) is 0.253.